The zero-order chi connectivity index (χ0) is 23.7. The molecule has 3 aromatic carbocycles. The molecule has 1 N–H and O–H groups in total. The van der Waals surface area contributed by atoms with Crippen molar-refractivity contribution in [3.05, 3.63) is 104 Å². The summed E-state index contributed by atoms with van der Waals surface area (Å²) >= 11 is 14.1. The number of nitrogens with zero attached hydrogens (tertiary/aromatic N) is 5. The van der Waals surface area contributed by atoms with Crippen molar-refractivity contribution >= 4 is 57.7 Å². The molecule has 0 saturated carbocycles. The van der Waals surface area contributed by atoms with Crippen LogP contribution in [0, 0.1) is 10.1 Å². The van der Waals surface area contributed by atoms with Crippen LogP contribution < -0.4 is 5.32 Å². The average molecular weight is 511 g/mol. The van der Waals surface area contributed by atoms with E-state index in [1.165, 1.54) is 17.8 Å². The largest absolute Gasteiger partial charge is 0.353 e. The van der Waals surface area contributed by atoms with Crippen LogP contribution in [0.5, 0.6) is 0 Å². The number of para-hydroxylation sites is 3. The molecule has 8 nitrogen and oxygen atoms in total. The number of anilines is 2. The molecule has 170 valence electrons. The fraction of sp³-hybridized carbons (Fsp3) is 0.0870. The van der Waals surface area contributed by atoms with Gasteiger partial charge in [-0.05, 0) is 29.8 Å². The summed E-state index contributed by atoms with van der Waals surface area (Å²) in [4.78, 5) is 11.1. The van der Waals surface area contributed by atoms with Crippen LogP contribution in [-0.2, 0) is 6.42 Å². The Bertz CT molecular complexity index is 1420. The normalized spacial score (nSPS) is 12.7. The summed E-state index contributed by atoms with van der Waals surface area (Å²) in [6.45, 7) is 0. The van der Waals surface area contributed by atoms with Gasteiger partial charge >= 0.3 is 0 Å². The van der Waals surface area contributed by atoms with Gasteiger partial charge in [0.05, 0.1) is 31.9 Å². The van der Waals surface area contributed by atoms with E-state index in [0.717, 1.165) is 11.3 Å². The molecule has 1 aromatic heterocycles. The number of nitro groups is 1. The van der Waals surface area contributed by atoms with Crippen LogP contribution >= 0.6 is 35.0 Å². The van der Waals surface area contributed by atoms with Crippen molar-refractivity contribution in [2.45, 2.75) is 11.6 Å². The maximum Gasteiger partial charge on any atom is 0.278 e. The van der Waals surface area contributed by atoms with Crippen molar-refractivity contribution in [2.75, 3.05) is 11.1 Å². The maximum atomic E-state index is 11.5. The lowest BCUT2D eigenvalue weighted by atomic mass is 10.1. The minimum Gasteiger partial charge on any atom is -0.353 e. The van der Waals surface area contributed by atoms with Gasteiger partial charge in [-0.3, -0.25) is 10.1 Å². The second-order valence-electron chi connectivity index (χ2n) is 7.38. The van der Waals surface area contributed by atoms with E-state index in [0.29, 0.717) is 50.2 Å². The van der Waals surface area contributed by atoms with Crippen molar-refractivity contribution in [1.82, 2.24) is 14.9 Å². The molecule has 0 aliphatic carbocycles. The van der Waals surface area contributed by atoms with Gasteiger partial charge in [0, 0.05) is 23.9 Å². The topological polar surface area (TPSA) is 98.2 Å². The number of hydrogen-bond acceptors (Lipinski definition) is 7. The Balaban J connectivity index is 1.49. The van der Waals surface area contributed by atoms with Crippen LogP contribution in [0.15, 0.2) is 77.0 Å². The van der Waals surface area contributed by atoms with Gasteiger partial charge in [-0.15, -0.1) is 10.2 Å². The molecule has 5 rings (SSSR count). The highest BCUT2D eigenvalue weighted by atomic mass is 35.5. The molecule has 0 radical (unpaired) electrons. The SMILES string of the molecule is O=[N+]([O-])c1ccccc1C1=Nn2c(Cc3ccccc3Nc3c(Cl)cccc3Cl)nnc2SC1. The first kappa shape index (κ1) is 22.4. The van der Waals surface area contributed by atoms with Gasteiger partial charge in [0.15, 0.2) is 5.82 Å². The minimum absolute atomic E-state index is 0.0195. The quantitative estimate of drug-likeness (QED) is 0.245. The van der Waals surface area contributed by atoms with E-state index in [1.54, 1.807) is 41.1 Å². The fourth-order valence-electron chi connectivity index (χ4n) is 3.61. The minimum atomic E-state index is -0.396. The van der Waals surface area contributed by atoms with Gasteiger partial charge in [-0.25, -0.2) is 0 Å². The van der Waals surface area contributed by atoms with E-state index in [-0.39, 0.29) is 5.69 Å². The van der Waals surface area contributed by atoms with E-state index in [4.69, 9.17) is 23.2 Å². The van der Waals surface area contributed by atoms with Gasteiger partial charge in [0.25, 0.3) is 5.69 Å². The number of aromatic nitrogens is 3. The maximum absolute atomic E-state index is 11.5. The van der Waals surface area contributed by atoms with Crippen molar-refractivity contribution in [2.24, 2.45) is 5.10 Å². The van der Waals surface area contributed by atoms with Crippen LogP contribution in [0.3, 0.4) is 0 Å². The summed E-state index contributed by atoms with van der Waals surface area (Å²) in [5, 5.41) is 29.7. The molecule has 11 heteroatoms. The first-order valence-electron chi connectivity index (χ1n) is 10.2. The third-order valence-corrected chi connectivity index (χ3v) is 6.80. The van der Waals surface area contributed by atoms with Crippen molar-refractivity contribution in [3.8, 4) is 0 Å². The fourth-order valence-corrected chi connectivity index (χ4v) is 4.94. The molecule has 0 fully saturated rings. The van der Waals surface area contributed by atoms with Gasteiger partial charge in [-0.1, -0.05) is 71.4 Å². The zero-order valence-corrected chi connectivity index (χ0v) is 19.8. The Kier molecular flexibility index (Phi) is 6.23. The van der Waals surface area contributed by atoms with E-state index < -0.39 is 4.92 Å². The first-order chi connectivity index (χ1) is 16.5. The van der Waals surface area contributed by atoms with Crippen LogP contribution in [0.4, 0.5) is 17.1 Å². The van der Waals surface area contributed by atoms with Crippen LogP contribution in [0.2, 0.25) is 10.0 Å². The Morgan fingerprint density at radius 2 is 1.74 bits per heavy atom. The Morgan fingerprint density at radius 3 is 2.53 bits per heavy atom. The Morgan fingerprint density at radius 1 is 1.00 bits per heavy atom. The summed E-state index contributed by atoms with van der Waals surface area (Å²) in [6, 6.07) is 19.7. The molecule has 2 heterocycles. The van der Waals surface area contributed by atoms with Gasteiger partial charge in [0.2, 0.25) is 5.16 Å². The number of halogens is 2. The summed E-state index contributed by atoms with van der Waals surface area (Å²) in [5.41, 5.74) is 3.48. The second kappa shape index (κ2) is 9.46. The molecule has 4 aromatic rings. The summed E-state index contributed by atoms with van der Waals surface area (Å²) < 4.78 is 1.65. The van der Waals surface area contributed by atoms with E-state index in [2.05, 4.69) is 20.6 Å². The number of fused-ring (bicyclic) bond motifs is 1. The average Bonchev–Trinajstić information content (AvgIpc) is 3.24. The number of benzene rings is 3. The third-order valence-electron chi connectivity index (χ3n) is 5.24. The predicted molar refractivity (Wildman–Crippen MR) is 135 cm³/mol. The Hall–Kier alpha value is -3.40. The lowest BCUT2D eigenvalue weighted by Gasteiger charge is -2.16. The second-order valence-corrected chi connectivity index (χ2v) is 9.13. The third kappa shape index (κ3) is 4.37. The van der Waals surface area contributed by atoms with Gasteiger partial charge < -0.3 is 5.32 Å². The molecule has 1 aliphatic rings. The lowest BCUT2D eigenvalue weighted by Crippen LogP contribution is -2.16. The van der Waals surface area contributed by atoms with Crippen molar-refractivity contribution in [3.63, 3.8) is 0 Å². The van der Waals surface area contributed by atoms with Crippen LogP contribution in [0.25, 0.3) is 0 Å². The molecule has 0 saturated heterocycles. The highest BCUT2D eigenvalue weighted by Gasteiger charge is 2.25. The highest BCUT2D eigenvalue weighted by Crippen LogP contribution is 2.34. The molecule has 0 amide bonds. The monoisotopic (exact) mass is 510 g/mol. The first-order valence-corrected chi connectivity index (χ1v) is 11.9. The highest BCUT2D eigenvalue weighted by molar-refractivity contribution is 7.99. The number of nitrogens with one attached hydrogen (secondary N) is 1. The molecule has 0 bridgehead atoms. The molecular weight excluding hydrogens is 495 g/mol. The van der Waals surface area contributed by atoms with E-state index in [1.807, 2.05) is 24.3 Å². The molecule has 0 unspecified atom stereocenters. The van der Waals surface area contributed by atoms with Crippen LogP contribution in [-0.4, -0.2) is 31.3 Å². The zero-order valence-electron chi connectivity index (χ0n) is 17.5. The number of thioether (sulfide) groups is 1. The van der Waals surface area contributed by atoms with E-state index >= 15 is 0 Å². The Labute approximate surface area is 208 Å². The summed E-state index contributed by atoms with van der Waals surface area (Å²) in [6.07, 6.45) is 0.423. The number of nitro benzene ring substituents is 1. The molecule has 0 spiro atoms. The van der Waals surface area contributed by atoms with Gasteiger partial charge in [0.1, 0.15) is 0 Å². The van der Waals surface area contributed by atoms with E-state index in [9.17, 15) is 10.1 Å². The number of rotatable bonds is 6. The standard InChI is InChI=1S/C23H16Cl2N6O2S/c24-16-8-5-9-17(25)22(16)26-18-10-3-1-6-14(18)12-21-27-28-23-30(21)29-19(13-34-23)15-7-2-4-11-20(15)31(32)33/h1-11,26H,12-13H2. The molecule has 1 aliphatic heterocycles. The molecule has 34 heavy (non-hydrogen) atoms. The summed E-state index contributed by atoms with van der Waals surface area (Å²) in [7, 11) is 0. The lowest BCUT2D eigenvalue weighted by molar-refractivity contribution is -0.385. The predicted octanol–water partition coefficient (Wildman–Crippen LogP) is 6.19. The van der Waals surface area contributed by atoms with Crippen LogP contribution in [0.1, 0.15) is 17.0 Å². The smallest absolute Gasteiger partial charge is 0.278 e. The molecular formula is C23H16Cl2N6O2S. The summed E-state index contributed by atoms with van der Waals surface area (Å²) in [5.74, 6) is 1.07. The van der Waals surface area contributed by atoms with Gasteiger partial charge in [-0.2, -0.15) is 9.78 Å². The number of hydrogen-bond donors (Lipinski definition) is 1. The van der Waals surface area contributed by atoms with Crippen molar-refractivity contribution < 1.29 is 4.92 Å². The van der Waals surface area contributed by atoms with Crippen molar-refractivity contribution in [1.29, 1.82) is 0 Å². The molecule has 0 atom stereocenters.